The maximum atomic E-state index is 12.6. The summed E-state index contributed by atoms with van der Waals surface area (Å²) >= 11 is 0. The second-order valence-corrected chi connectivity index (χ2v) is 10.1. The first kappa shape index (κ1) is 31.6. The van der Waals surface area contributed by atoms with Crippen molar-refractivity contribution in [3.63, 3.8) is 0 Å². The van der Waals surface area contributed by atoms with Crippen molar-refractivity contribution in [2.24, 2.45) is 0 Å². The molecule has 0 saturated carbocycles. The van der Waals surface area contributed by atoms with Crippen LogP contribution in [0.5, 0.6) is 34.6 Å². The zero-order chi connectivity index (χ0) is 32.6. The molecule has 12 heteroatoms. The first-order chi connectivity index (χ1) is 22.3. The minimum Gasteiger partial charge on any atom is -0.497 e. The molecule has 5 rings (SSSR count). The van der Waals surface area contributed by atoms with Crippen LogP contribution in [-0.4, -0.2) is 59.7 Å². The Labute approximate surface area is 264 Å². The summed E-state index contributed by atoms with van der Waals surface area (Å²) in [6, 6.07) is 15.0. The van der Waals surface area contributed by atoms with Crippen LogP contribution in [0.4, 0.5) is 0 Å². The number of hydrogen-bond donors (Lipinski definition) is 2. The van der Waals surface area contributed by atoms with E-state index >= 15 is 0 Å². The zero-order valence-corrected chi connectivity index (χ0v) is 25.4. The van der Waals surface area contributed by atoms with Crippen molar-refractivity contribution in [3.8, 4) is 45.8 Å². The number of aliphatic carboxylic acids is 1. The Morgan fingerprint density at radius 2 is 1.70 bits per heavy atom. The second kappa shape index (κ2) is 14.3. The molecule has 1 aliphatic heterocycles. The topological polar surface area (TPSA) is 156 Å². The average molecular weight is 629 g/mol. The van der Waals surface area contributed by atoms with Crippen molar-refractivity contribution in [2.45, 2.75) is 26.4 Å². The molecule has 0 amide bonds. The molecule has 1 aromatic heterocycles. The van der Waals surface area contributed by atoms with Crippen LogP contribution in [-0.2, 0) is 17.8 Å². The van der Waals surface area contributed by atoms with Gasteiger partial charge in [-0.3, -0.25) is 0 Å². The van der Waals surface area contributed by atoms with E-state index in [9.17, 15) is 19.8 Å². The van der Waals surface area contributed by atoms with Gasteiger partial charge in [-0.1, -0.05) is 25.1 Å². The lowest BCUT2D eigenvalue weighted by Crippen LogP contribution is -2.08. The van der Waals surface area contributed by atoms with Crippen LogP contribution in [0.15, 0.2) is 66.5 Å². The number of benzene rings is 3. The number of methoxy groups -OCH3 is 2. The lowest BCUT2D eigenvalue weighted by Gasteiger charge is -2.18. The molecule has 0 fully saturated rings. The molecule has 4 aromatic rings. The van der Waals surface area contributed by atoms with Gasteiger partial charge in [-0.15, -0.1) is 0 Å². The molecule has 0 aliphatic carbocycles. The smallest absolute Gasteiger partial charge is 0.336 e. The van der Waals surface area contributed by atoms with Gasteiger partial charge in [0, 0.05) is 40.8 Å². The number of rotatable bonds is 14. The normalized spacial score (nSPS) is 12.0. The van der Waals surface area contributed by atoms with Crippen LogP contribution in [0, 0.1) is 0 Å². The monoisotopic (exact) mass is 628 g/mol. The second-order valence-electron chi connectivity index (χ2n) is 10.1. The zero-order valence-electron chi connectivity index (χ0n) is 25.4. The van der Waals surface area contributed by atoms with Gasteiger partial charge in [0.2, 0.25) is 12.7 Å². The number of aromatic carboxylic acids is 1. The Bertz CT molecular complexity index is 1790. The minimum absolute atomic E-state index is 0.00456. The molecule has 238 valence electrons. The first-order valence-corrected chi connectivity index (χ1v) is 14.3. The number of carbonyl (C=O) groups is 2. The van der Waals surface area contributed by atoms with E-state index in [4.69, 9.17) is 28.4 Å². The van der Waals surface area contributed by atoms with Gasteiger partial charge in [-0.2, -0.15) is 0 Å². The van der Waals surface area contributed by atoms with Gasteiger partial charge >= 0.3 is 11.9 Å². The SMILES string of the molecule is CCCOc1ncnc(C=C(Cc2cc3c(cc2OC)OCO3)C(=O)O)c1-c1ccc(OC)cc1OCc1ccccc1C(=O)O. The quantitative estimate of drug-likeness (QED) is 0.165. The average Bonchev–Trinajstić information content (AvgIpc) is 3.53. The predicted octanol–water partition coefficient (Wildman–Crippen LogP) is 5.67. The van der Waals surface area contributed by atoms with Gasteiger partial charge < -0.3 is 38.6 Å². The van der Waals surface area contributed by atoms with Gasteiger partial charge in [0.05, 0.1) is 37.6 Å². The highest BCUT2D eigenvalue weighted by molar-refractivity contribution is 5.95. The minimum atomic E-state index is -1.17. The summed E-state index contributed by atoms with van der Waals surface area (Å²) in [5.74, 6) is 0.212. The van der Waals surface area contributed by atoms with Crippen LogP contribution in [0.3, 0.4) is 0 Å². The molecule has 3 aromatic carbocycles. The molecular formula is C34H32N2O10. The van der Waals surface area contributed by atoms with E-state index < -0.39 is 11.9 Å². The number of hydrogen-bond acceptors (Lipinski definition) is 10. The molecule has 12 nitrogen and oxygen atoms in total. The van der Waals surface area contributed by atoms with Crippen molar-refractivity contribution in [3.05, 3.63) is 88.9 Å². The van der Waals surface area contributed by atoms with Gasteiger partial charge in [0.1, 0.15) is 30.2 Å². The van der Waals surface area contributed by atoms with E-state index in [-0.39, 0.29) is 42.5 Å². The van der Waals surface area contributed by atoms with Crippen molar-refractivity contribution in [2.75, 3.05) is 27.6 Å². The van der Waals surface area contributed by atoms with E-state index in [0.29, 0.717) is 64.0 Å². The van der Waals surface area contributed by atoms with Crippen LogP contribution < -0.4 is 28.4 Å². The fourth-order valence-corrected chi connectivity index (χ4v) is 4.87. The summed E-state index contributed by atoms with van der Waals surface area (Å²) in [6.07, 6.45) is 3.42. The molecule has 0 radical (unpaired) electrons. The summed E-state index contributed by atoms with van der Waals surface area (Å²) in [6.45, 7) is 2.27. The first-order valence-electron chi connectivity index (χ1n) is 14.3. The number of carboxylic acid groups (broad SMARTS) is 2. The number of ether oxygens (including phenoxy) is 6. The highest BCUT2D eigenvalue weighted by Crippen LogP contribution is 2.42. The number of aromatic nitrogens is 2. The molecule has 2 heterocycles. The summed E-state index contributed by atoms with van der Waals surface area (Å²) < 4.78 is 34.1. The number of carboxylic acids is 2. The molecule has 0 bridgehead atoms. The standard InChI is InChI=1S/C34H32N2O10/c1-4-11-43-32-31(25-10-9-23(41-2)15-28(25)44-17-20-7-5-6-8-24(20)34(39)40)26(35-18-36-32)13-22(33(37)38)12-21-14-29-30(46-19-45-29)16-27(21)42-3/h5-10,13-16,18H,4,11-12,17,19H2,1-3H3,(H,37,38)(H,39,40). The Morgan fingerprint density at radius 3 is 2.41 bits per heavy atom. The van der Waals surface area contributed by atoms with Crippen LogP contribution >= 0.6 is 0 Å². The fourth-order valence-electron chi connectivity index (χ4n) is 4.87. The van der Waals surface area contributed by atoms with E-state index in [0.717, 1.165) is 0 Å². The third kappa shape index (κ3) is 6.96. The highest BCUT2D eigenvalue weighted by Gasteiger charge is 2.23. The van der Waals surface area contributed by atoms with Crippen LogP contribution in [0.25, 0.3) is 17.2 Å². The van der Waals surface area contributed by atoms with Gasteiger partial charge in [0.15, 0.2) is 11.5 Å². The molecule has 0 spiro atoms. The Morgan fingerprint density at radius 1 is 0.913 bits per heavy atom. The maximum absolute atomic E-state index is 12.6. The van der Waals surface area contributed by atoms with Gasteiger partial charge in [-0.25, -0.2) is 19.6 Å². The lowest BCUT2D eigenvalue weighted by atomic mass is 9.98. The van der Waals surface area contributed by atoms with Gasteiger partial charge in [-0.05, 0) is 36.8 Å². The van der Waals surface area contributed by atoms with E-state index in [1.165, 1.54) is 32.7 Å². The Hall–Kier alpha value is -5.78. The third-order valence-electron chi connectivity index (χ3n) is 7.12. The summed E-state index contributed by atoms with van der Waals surface area (Å²) in [4.78, 5) is 33.3. The van der Waals surface area contributed by atoms with Gasteiger partial charge in [0.25, 0.3) is 0 Å². The summed E-state index contributed by atoms with van der Waals surface area (Å²) in [7, 11) is 3.00. The van der Waals surface area contributed by atoms with E-state index in [1.54, 1.807) is 48.5 Å². The third-order valence-corrected chi connectivity index (χ3v) is 7.12. The van der Waals surface area contributed by atoms with Crippen molar-refractivity contribution in [1.82, 2.24) is 9.97 Å². The highest BCUT2D eigenvalue weighted by atomic mass is 16.7. The molecule has 0 unspecified atom stereocenters. The molecule has 0 atom stereocenters. The molecule has 46 heavy (non-hydrogen) atoms. The van der Waals surface area contributed by atoms with Crippen LogP contribution in [0.1, 0.15) is 40.5 Å². The van der Waals surface area contributed by atoms with Crippen molar-refractivity contribution >= 4 is 18.0 Å². The van der Waals surface area contributed by atoms with Crippen molar-refractivity contribution in [1.29, 1.82) is 0 Å². The summed E-state index contributed by atoms with van der Waals surface area (Å²) in [5.41, 5.74) is 2.28. The predicted molar refractivity (Wildman–Crippen MR) is 166 cm³/mol. The Balaban J connectivity index is 1.61. The molecule has 2 N–H and O–H groups in total. The molecular weight excluding hydrogens is 596 g/mol. The Kier molecular flexibility index (Phi) is 9.86. The molecule has 1 aliphatic rings. The number of fused-ring (bicyclic) bond motifs is 1. The molecule has 0 saturated heterocycles. The lowest BCUT2D eigenvalue weighted by molar-refractivity contribution is -0.132. The van der Waals surface area contributed by atoms with Crippen LogP contribution in [0.2, 0.25) is 0 Å². The number of nitrogens with zero attached hydrogens (tertiary/aromatic N) is 2. The fraction of sp³-hybridized carbons (Fsp3) is 0.235. The van der Waals surface area contributed by atoms with E-state index in [1.807, 2.05) is 6.92 Å². The summed E-state index contributed by atoms with van der Waals surface area (Å²) in [5, 5.41) is 20.0. The largest absolute Gasteiger partial charge is 0.497 e. The van der Waals surface area contributed by atoms with E-state index in [2.05, 4.69) is 9.97 Å². The van der Waals surface area contributed by atoms with Crippen molar-refractivity contribution < 1.29 is 48.2 Å². The maximum Gasteiger partial charge on any atom is 0.336 e.